The number of sulfonamides is 1. The first-order valence-electron chi connectivity index (χ1n) is 7.59. The SMILES string of the molecule is C[C@@H](O)[C@H](NS(=O)(=O)c1ccc(C#CC#CC2CC2)cc1)C(=O)NO. The molecular formula is C17H18N2O5S. The Bertz CT molecular complexity index is 850. The fourth-order valence-electron chi connectivity index (χ4n) is 1.86. The number of hydrogen-bond donors (Lipinski definition) is 4. The highest BCUT2D eigenvalue weighted by Gasteiger charge is 2.29. The first-order chi connectivity index (χ1) is 11.8. The molecule has 1 aliphatic rings. The Hall–Kier alpha value is -2.36. The normalized spacial score (nSPS) is 15.8. The van der Waals surface area contributed by atoms with Crippen LogP contribution in [0.15, 0.2) is 29.2 Å². The van der Waals surface area contributed by atoms with E-state index in [1.807, 2.05) is 4.72 Å². The van der Waals surface area contributed by atoms with Crippen LogP contribution in [-0.2, 0) is 14.8 Å². The average Bonchev–Trinajstić information content (AvgIpc) is 3.40. The van der Waals surface area contributed by atoms with Crippen LogP contribution in [0.2, 0.25) is 0 Å². The Labute approximate surface area is 146 Å². The summed E-state index contributed by atoms with van der Waals surface area (Å²) in [6.07, 6.45) is 0.906. The molecular weight excluding hydrogens is 344 g/mol. The van der Waals surface area contributed by atoms with Crippen molar-refractivity contribution in [2.45, 2.75) is 36.8 Å². The number of carbonyl (C=O) groups is 1. The number of carbonyl (C=O) groups excluding carboxylic acids is 1. The molecule has 0 aromatic heterocycles. The molecule has 1 aromatic rings. The summed E-state index contributed by atoms with van der Waals surface area (Å²) < 4.78 is 26.6. The van der Waals surface area contributed by atoms with Crippen LogP contribution in [0.4, 0.5) is 0 Å². The molecule has 0 spiro atoms. The number of aliphatic hydroxyl groups is 1. The standard InChI is InChI=1S/C17H18N2O5S/c1-12(20)16(17(21)18-22)19-25(23,24)15-10-8-14(9-11-15)5-3-2-4-13-6-7-13/h8-13,16,19-20,22H,6-7H2,1H3,(H,18,21)/t12-,16+/m1/s1. The maximum absolute atomic E-state index is 12.3. The largest absolute Gasteiger partial charge is 0.391 e. The lowest BCUT2D eigenvalue weighted by molar-refractivity contribution is -0.133. The number of rotatable bonds is 5. The highest BCUT2D eigenvalue weighted by Crippen LogP contribution is 2.27. The van der Waals surface area contributed by atoms with Crippen LogP contribution in [0.1, 0.15) is 25.3 Å². The molecule has 0 heterocycles. The van der Waals surface area contributed by atoms with E-state index in [9.17, 15) is 18.3 Å². The van der Waals surface area contributed by atoms with Crippen LogP contribution in [0.3, 0.4) is 0 Å². The zero-order valence-electron chi connectivity index (χ0n) is 13.5. The lowest BCUT2D eigenvalue weighted by Crippen LogP contribution is -2.51. The van der Waals surface area contributed by atoms with Crippen LogP contribution in [0.5, 0.6) is 0 Å². The van der Waals surface area contributed by atoms with E-state index in [1.165, 1.54) is 36.7 Å². The van der Waals surface area contributed by atoms with Crippen molar-refractivity contribution in [3.63, 3.8) is 0 Å². The summed E-state index contributed by atoms with van der Waals surface area (Å²) in [4.78, 5) is 11.3. The molecule has 1 aliphatic carbocycles. The lowest BCUT2D eigenvalue weighted by atomic mass is 10.2. The van der Waals surface area contributed by atoms with Crippen molar-refractivity contribution >= 4 is 15.9 Å². The third kappa shape index (κ3) is 5.59. The topological polar surface area (TPSA) is 116 Å². The molecule has 2 atom stereocenters. The molecule has 0 saturated heterocycles. The molecule has 1 saturated carbocycles. The monoisotopic (exact) mass is 362 g/mol. The fraction of sp³-hybridized carbons (Fsp3) is 0.353. The van der Waals surface area contributed by atoms with Gasteiger partial charge in [0.25, 0.3) is 5.91 Å². The first-order valence-corrected chi connectivity index (χ1v) is 9.08. The number of hydroxylamine groups is 1. The summed E-state index contributed by atoms with van der Waals surface area (Å²) in [5.41, 5.74) is 1.91. The van der Waals surface area contributed by atoms with E-state index in [1.54, 1.807) is 0 Å². The maximum Gasteiger partial charge on any atom is 0.264 e. The van der Waals surface area contributed by atoms with E-state index in [2.05, 4.69) is 23.7 Å². The molecule has 0 bridgehead atoms. The van der Waals surface area contributed by atoms with Crippen LogP contribution in [-0.4, -0.2) is 36.8 Å². The zero-order valence-corrected chi connectivity index (χ0v) is 14.3. The predicted octanol–water partition coefficient (Wildman–Crippen LogP) is -0.0154. The van der Waals surface area contributed by atoms with E-state index in [0.717, 1.165) is 12.8 Å². The van der Waals surface area contributed by atoms with Crippen LogP contribution < -0.4 is 10.2 Å². The van der Waals surface area contributed by atoms with Crippen LogP contribution in [0.25, 0.3) is 0 Å². The average molecular weight is 362 g/mol. The van der Waals surface area contributed by atoms with E-state index >= 15 is 0 Å². The van der Waals surface area contributed by atoms with E-state index < -0.39 is 28.1 Å². The molecule has 7 nitrogen and oxygen atoms in total. The number of nitrogens with one attached hydrogen (secondary N) is 2. The van der Waals surface area contributed by atoms with Gasteiger partial charge in [0.15, 0.2) is 0 Å². The fourth-order valence-corrected chi connectivity index (χ4v) is 3.13. The van der Waals surface area contributed by atoms with Gasteiger partial charge in [-0.25, -0.2) is 13.9 Å². The van der Waals surface area contributed by atoms with Gasteiger partial charge in [0.05, 0.1) is 11.0 Å². The second-order valence-corrected chi connectivity index (χ2v) is 7.35. The van der Waals surface area contributed by atoms with Crippen LogP contribution in [0, 0.1) is 29.6 Å². The van der Waals surface area contributed by atoms with E-state index in [0.29, 0.717) is 11.5 Å². The van der Waals surface area contributed by atoms with Crippen molar-refractivity contribution in [1.29, 1.82) is 0 Å². The van der Waals surface area contributed by atoms with Gasteiger partial charge in [-0.1, -0.05) is 11.8 Å². The second kappa shape index (κ2) is 8.15. The van der Waals surface area contributed by atoms with Crippen molar-refractivity contribution in [1.82, 2.24) is 10.2 Å². The van der Waals surface area contributed by atoms with Crippen LogP contribution >= 0.6 is 0 Å². The van der Waals surface area contributed by atoms with Crippen molar-refractivity contribution < 1.29 is 23.5 Å². The Kier molecular flexibility index (Phi) is 6.18. The summed E-state index contributed by atoms with van der Waals surface area (Å²) >= 11 is 0. The molecule has 1 amide bonds. The number of amides is 1. The Morgan fingerprint density at radius 2 is 1.88 bits per heavy atom. The Morgan fingerprint density at radius 3 is 2.40 bits per heavy atom. The maximum atomic E-state index is 12.3. The minimum atomic E-state index is -4.06. The number of aliphatic hydroxyl groups excluding tert-OH is 1. The van der Waals surface area contributed by atoms with Gasteiger partial charge in [0.1, 0.15) is 6.04 Å². The summed E-state index contributed by atoms with van der Waals surface area (Å²) in [5, 5.41) is 18.1. The van der Waals surface area contributed by atoms with Gasteiger partial charge in [-0.15, -0.1) is 0 Å². The van der Waals surface area contributed by atoms with Gasteiger partial charge in [0.2, 0.25) is 10.0 Å². The Morgan fingerprint density at radius 1 is 1.24 bits per heavy atom. The van der Waals surface area contributed by atoms with Gasteiger partial charge in [-0.2, -0.15) is 4.72 Å². The minimum Gasteiger partial charge on any atom is -0.391 e. The lowest BCUT2D eigenvalue weighted by Gasteiger charge is -2.19. The summed E-state index contributed by atoms with van der Waals surface area (Å²) in [5.74, 6) is 10.7. The number of hydrogen-bond acceptors (Lipinski definition) is 5. The summed E-state index contributed by atoms with van der Waals surface area (Å²) in [6, 6.07) is 4.17. The van der Waals surface area contributed by atoms with E-state index in [4.69, 9.17) is 5.21 Å². The van der Waals surface area contributed by atoms with Crippen molar-refractivity contribution in [2.24, 2.45) is 5.92 Å². The predicted molar refractivity (Wildman–Crippen MR) is 89.5 cm³/mol. The molecule has 1 aromatic carbocycles. The molecule has 2 rings (SSSR count). The molecule has 0 unspecified atom stereocenters. The Balaban J connectivity index is 2.11. The van der Waals surface area contributed by atoms with Gasteiger partial charge >= 0.3 is 0 Å². The highest BCUT2D eigenvalue weighted by molar-refractivity contribution is 7.89. The molecule has 8 heteroatoms. The van der Waals surface area contributed by atoms with Gasteiger partial charge < -0.3 is 5.11 Å². The molecule has 0 aliphatic heterocycles. The van der Waals surface area contributed by atoms with Gasteiger partial charge in [-0.05, 0) is 55.9 Å². The zero-order chi connectivity index (χ0) is 18.4. The number of benzene rings is 1. The summed E-state index contributed by atoms with van der Waals surface area (Å²) in [6.45, 7) is 1.23. The minimum absolute atomic E-state index is 0.0986. The van der Waals surface area contributed by atoms with E-state index in [-0.39, 0.29) is 4.90 Å². The highest BCUT2D eigenvalue weighted by atomic mass is 32.2. The third-order valence-corrected chi connectivity index (χ3v) is 4.90. The molecule has 25 heavy (non-hydrogen) atoms. The third-order valence-electron chi connectivity index (χ3n) is 3.44. The molecule has 1 fully saturated rings. The van der Waals surface area contributed by atoms with Gasteiger partial charge in [0, 0.05) is 11.5 Å². The molecule has 0 radical (unpaired) electrons. The molecule has 132 valence electrons. The first kappa shape index (κ1) is 19.0. The van der Waals surface area contributed by atoms with Crippen molar-refractivity contribution in [3.8, 4) is 23.7 Å². The second-order valence-electron chi connectivity index (χ2n) is 5.63. The van der Waals surface area contributed by atoms with Crippen molar-refractivity contribution in [2.75, 3.05) is 0 Å². The quantitative estimate of drug-likeness (QED) is 0.334. The van der Waals surface area contributed by atoms with Crippen molar-refractivity contribution in [3.05, 3.63) is 29.8 Å². The molecule has 4 N–H and O–H groups in total. The van der Waals surface area contributed by atoms with Gasteiger partial charge in [-0.3, -0.25) is 10.0 Å². The summed E-state index contributed by atoms with van der Waals surface area (Å²) in [7, 11) is -4.06. The smallest absolute Gasteiger partial charge is 0.264 e.